The predicted octanol–water partition coefficient (Wildman–Crippen LogP) is 2.61. The molecule has 7 nitrogen and oxygen atoms in total. The lowest BCUT2D eigenvalue weighted by Crippen LogP contribution is -2.44. The summed E-state index contributed by atoms with van der Waals surface area (Å²) in [5.74, 6) is -1.06. The number of rotatable bonds is 4. The first kappa shape index (κ1) is 21.1. The zero-order valence-electron chi connectivity index (χ0n) is 17.6. The van der Waals surface area contributed by atoms with Gasteiger partial charge in [0, 0.05) is 30.6 Å². The first-order valence-electron chi connectivity index (χ1n) is 9.79. The highest BCUT2D eigenvalue weighted by Crippen LogP contribution is 2.31. The SMILES string of the molecule is COc1ccc(C(=O)N2CC3C(=O)N(CC(C)C)C(=O)N3CC(C)(C)C2)cc1F. The Bertz CT molecular complexity index is 839. The Labute approximate surface area is 170 Å². The number of hydrogen-bond donors (Lipinski definition) is 0. The Morgan fingerprint density at radius 1 is 1.28 bits per heavy atom. The van der Waals surface area contributed by atoms with E-state index in [9.17, 15) is 18.8 Å². The van der Waals surface area contributed by atoms with Crippen molar-refractivity contribution in [2.75, 3.05) is 33.3 Å². The highest BCUT2D eigenvalue weighted by Gasteiger charge is 2.50. The van der Waals surface area contributed by atoms with Crippen LogP contribution in [0.25, 0.3) is 0 Å². The topological polar surface area (TPSA) is 70.2 Å². The molecule has 0 saturated carbocycles. The molecule has 0 aliphatic carbocycles. The Morgan fingerprint density at radius 3 is 2.55 bits per heavy atom. The van der Waals surface area contributed by atoms with E-state index < -0.39 is 17.3 Å². The fourth-order valence-electron chi connectivity index (χ4n) is 4.02. The molecule has 158 valence electrons. The van der Waals surface area contributed by atoms with Crippen LogP contribution in [0.5, 0.6) is 5.75 Å². The van der Waals surface area contributed by atoms with Gasteiger partial charge in [-0.05, 0) is 24.1 Å². The van der Waals surface area contributed by atoms with Crippen molar-refractivity contribution in [2.24, 2.45) is 11.3 Å². The van der Waals surface area contributed by atoms with E-state index in [1.807, 2.05) is 27.7 Å². The maximum absolute atomic E-state index is 14.1. The number of amides is 4. The van der Waals surface area contributed by atoms with Gasteiger partial charge in [0.25, 0.3) is 11.8 Å². The minimum absolute atomic E-state index is 0.0600. The van der Waals surface area contributed by atoms with Crippen LogP contribution in [0.1, 0.15) is 38.1 Å². The number of carbonyl (C=O) groups is 3. The van der Waals surface area contributed by atoms with E-state index in [4.69, 9.17) is 4.74 Å². The maximum atomic E-state index is 14.1. The molecule has 2 aliphatic heterocycles. The number of fused-ring (bicyclic) bond motifs is 1. The monoisotopic (exact) mass is 405 g/mol. The molecule has 2 saturated heterocycles. The highest BCUT2D eigenvalue weighted by atomic mass is 19.1. The van der Waals surface area contributed by atoms with Crippen molar-refractivity contribution in [1.82, 2.24) is 14.7 Å². The summed E-state index contributed by atoms with van der Waals surface area (Å²) in [6.45, 7) is 8.97. The molecule has 0 radical (unpaired) electrons. The molecule has 29 heavy (non-hydrogen) atoms. The van der Waals surface area contributed by atoms with Crippen molar-refractivity contribution in [2.45, 2.75) is 33.7 Å². The fourth-order valence-corrected chi connectivity index (χ4v) is 4.02. The van der Waals surface area contributed by atoms with E-state index in [-0.39, 0.29) is 41.6 Å². The van der Waals surface area contributed by atoms with Crippen molar-refractivity contribution in [3.63, 3.8) is 0 Å². The van der Waals surface area contributed by atoms with Crippen LogP contribution >= 0.6 is 0 Å². The van der Waals surface area contributed by atoms with Crippen LogP contribution in [0.4, 0.5) is 9.18 Å². The summed E-state index contributed by atoms with van der Waals surface area (Å²) >= 11 is 0. The van der Waals surface area contributed by atoms with Gasteiger partial charge in [-0.25, -0.2) is 9.18 Å². The number of hydrogen-bond acceptors (Lipinski definition) is 4. The second kappa shape index (κ2) is 7.65. The second-order valence-electron chi connectivity index (χ2n) is 8.97. The summed E-state index contributed by atoms with van der Waals surface area (Å²) < 4.78 is 19.0. The number of carbonyl (C=O) groups excluding carboxylic acids is 3. The molecular weight excluding hydrogens is 377 g/mol. The van der Waals surface area contributed by atoms with Gasteiger partial charge in [-0.15, -0.1) is 0 Å². The molecule has 0 spiro atoms. The lowest BCUT2D eigenvalue weighted by Gasteiger charge is -2.31. The van der Waals surface area contributed by atoms with Crippen molar-refractivity contribution >= 4 is 17.8 Å². The molecule has 8 heteroatoms. The third-order valence-electron chi connectivity index (χ3n) is 5.25. The average Bonchev–Trinajstić information content (AvgIpc) is 2.78. The summed E-state index contributed by atoms with van der Waals surface area (Å²) in [4.78, 5) is 43.3. The van der Waals surface area contributed by atoms with Gasteiger partial charge in [-0.2, -0.15) is 0 Å². The van der Waals surface area contributed by atoms with Crippen LogP contribution in [0.3, 0.4) is 0 Å². The quantitative estimate of drug-likeness (QED) is 0.722. The summed E-state index contributed by atoms with van der Waals surface area (Å²) in [5.41, 5.74) is -0.234. The zero-order chi connectivity index (χ0) is 21.5. The standard InChI is InChI=1S/C21H28FN3O4/c1-13(2)9-24-19(27)16-10-23(11-21(3,4)12-25(16)20(24)28)18(26)14-6-7-17(29-5)15(22)8-14/h6-8,13,16H,9-12H2,1-5H3. The maximum Gasteiger partial charge on any atom is 0.327 e. The van der Waals surface area contributed by atoms with Gasteiger partial charge in [-0.3, -0.25) is 14.5 Å². The summed E-state index contributed by atoms with van der Waals surface area (Å²) in [7, 11) is 1.36. The van der Waals surface area contributed by atoms with Crippen molar-refractivity contribution < 1.29 is 23.5 Å². The van der Waals surface area contributed by atoms with E-state index in [2.05, 4.69) is 0 Å². The van der Waals surface area contributed by atoms with Gasteiger partial charge < -0.3 is 14.5 Å². The molecule has 0 N–H and O–H groups in total. The minimum Gasteiger partial charge on any atom is -0.494 e. The van der Waals surface area contributed by atoms with Crippen LogP contribution < -0.4 is 4.74 Å². The number of ether oxygens (including phenoxy) is 1. The van der Waals surface area contributed by atoms with Gasteiger partial charge in [-0.1, -0.05) is 27.7 Å². The molecule has 3 rings (SSSR count). The molecule has 2 heterocycles. The fraction of sp³-hybridized carbons (Fsp3) is 0.571. The number of halogens is 1. The Hall–Kier alpha value is -2.64. The van der Waals surface area contributed by atoms with Crippen LogP contribution in [0.2, 0.25) is 0 Å². The highest BCUT2D eigenvalue weighted by molar-refractivity contribution is 6.05. The van der Waals surface area contributed by atoms with Crippen LogP contribution in [-0.4, -0.2) is 71.9 Å². The Kier molecular flexibility index (Phi) is 5.56. The van der Waals surface area contributed by atoms with E-state index in [0.717, 1.165) is 6.07 Å². The third-order valence-corrected chi connectivity index (χ3v) is 5.25. The van der Waals surface area contributed by atoms with Crippen molar-refractivity contribution in [3.8, 4) is 5.75 Å². The molecular formula is C21H28FN3O4. The Balaban J connectivity index is 1.90. The average molecular weight is 405 g/mol. The van der Waals surface area contributed by atoms with Crippen LogP contribution in [0.15, 0.2) is 18.2 Å². The number of imide groups is 1. The normalized spacial score (nSPS) is 21.5. The van der Waals surface area contributed by atoms with Gasteiger partial charge in [0.1, 0.15) is 6.04 Å². The van der Waals surface area contributed by atoms with E-state index in [1.54, 1.807) is 9.80 Å². The van der Waals surface area contributed by atoms with Crippen LogP contribution in [0, 0.1) is 17.2 Å². The number of nitrogens with zero attached hydrogens (tertiary/aromatic N) is 3. The molecule has 1 unspecified atom stereocenters. The van der Waals surface area contributed by atoms with E-state index >= 15 is 0 Å². The number of urea groups is 1. The molecule has 2 aliphatic rings. The number of benzene rings is 1. The summed E-state index contributed by atoms with van der Waals surface area (Å²) in [6.07, 6.45) is 0. The van der Waals surface area contributed by atoms with Gasteiger partial charge >= 0.3 is 6.03 Å². The predicted molar refractivity (Wildman–Crippen MR) is 105 cm³/mol. The Morgan fingerprint density at radius 2 is 1.97 bits per heavy atom. The molecule has 1 aromatic carbocycles. The van der Waals surface area contributed by atoms with Gasteiger partial charge in [0.15, 0.2) is 11.6 Å². The minimum atomic E-state index is -0.713. The van der Waals surface area contributed by atoms with E-state index in [0.29, 0.717) is 19.6 Å². The molecule has 1 aromatic rings. The van der Waals surface area contributed by atoms with Crippen LogP contribution in [-0.2, 0) is 4.79 Å². The molecule has 1 atom stereocenters. The summed E-state index contributed by atoms with van der Waals surface area (Å²) in [5, 5.41) is 0. The van der Waals surface area contributed by atoms with E-state index in [1.165, 1.54) is 24.1 Å². The lowest BCUT2D eigenvalue weighted by molar-refractivity contribution is -0.128. The first-order chi connectivity index (χ1) is 13.5. The first-order valence-corrected chi connectivity index (χ1v) is 9.79. The molecule has 0 bridgehead atoms. The van der Waals surface area contributed by atoms with Crippen molar-refractivity contribution in [3.05, 3.63) is 29.6 Å². The van der Waals surface area contributed by atoms with Gasteiger partial charge in [0.05, 0.1) is 13.7 Å². The zero-order valence-corrected chi connectivity index (χ0v) is 17.6. The number of methoxy groups -OCH3 is 1. The largest absolute Gasteiger partial charge is 0.494 e. The third kappa shape index (κ3) is 4.06. The molecule has 2 fully saturated rings. The van der Waals surface area contributed by atoms with Crippen molar-refractivity contribution in [1.29, 1.82) is 0 Å². The lowest BCUT2D eigenvalue weighted by atomic mass is 9.92. The van der Waals surface area contributed by atoms with Gasteiger partial charge in [0.2, 0.25) is 0 Å². The molecule has 4 amide bonds. The molecule has 0 aromatic heterocycles. The summed E-state index contributed by atoms with van der Waals surface area (Å²) in [6, 6.07) is 3.05. The smallest absolute Gasteiger partial charge is 0.327 e. The second-order valence-corrected chi connectivity index (χ2v) is 8.97.